The van der Waals surface area contributed by atoms with Crippen LogP contribution in [0.4, 0.5) is 17.6 Å². The summed E-state index contributed by atoms with van der Waals surface area (Å²) in [5.74, 6) is -0.575. The fraction of sp³-hybridized carbons (Fsp3) is 0.167. The van der Waals surface area contributed by atoms with E-state index < -0.39 is 27.5 Å². The van der Waals surface area contributed by atoms with Crippen molar-refractivity contribution in [3.63, 3.8) is 0 Å². The minimum absolute atomic E-state index is 0.0329. The molecular weight excluding hydrogens is 398 g/mol. The van der Waals surface area contributed by atoms with E-state index in [9.17, 15) is 26.0 Å². The van der Waals surface area contributed by atoms with Gasteiger partial charge in [-0.25, -0.2) is 17.5 Å². The smallest absolute Gasteiger partial charge is 0.326 e. The molecule has 0 aliphatic carbocycles. The summed E-state index contributed by atoms with van der Waals surface area (Å²) in [6.07, 6.45) is -3.66. The molecule has 0 atom stereocenters. The van der Waals surface area contributed by atoms with Crippen LogP contribution in [0.2, 0.25) is 0 Å². The summed E-state index contributed by atoms with van der Waals surface area (Å²) >= 11 is 0. The maximum atomic E-state index is 13.7. The van der Waals surface area contributed by atoms with E-state index >= 15 is 0 Å². The lowest BCUT2D eigenvalue weighted by Crippen LogP contribution is -2.08. The molecule has 0 spiro atoms. The third-order valence-electron chi connectivity index (χ3n) is 4.07. The predicted molar refractivity (Wildman–Crippen MR) is 95.0 cm³/mol. The van der Waals surface area contributed by atoms with Crippen molar-refractivity contribution in [1.29, 1.82) is 0 Å². The van der Waals surface area contributed by atoms with Crippen LogP contribution in [-0.4, -0.2) is 24.5 Å². The molecular formula is C18H15F4N3O2S. The van der Waals surface area contributed by atoms with Crippen molar-refractivity contribution >= 4 is 9.84 Å². The lowest BCUT2D eigenvalue weighted by Gasteiger charge is -2.10. The Morgan fingerprint density at radius 3 is 2.25 bits per heavy atom. The van der Waals surface area contributed by atoms with Crippen molar-refractivity contribution < 1.29 is 26.0 Å². The number of benzene rings is 2. The van der Waals surface area contributed by atoms with Crippen molar-refractivity contribution in [3.8, 4) is 16.9 Å². The molecule has 0 aliphatic heterocycles. The first-order valence-corrected chi connectivity index (χ1v) is 9.86. The molecule has 0 amide bonds. The first-order valence-electron chi connectivity index (χ1n) is 7.97. The molecule has 0 aliphatic rings. The number of aromatic nitrogens is 2. The predicted octanol–water partition coefficient (Wildman–Crippen LogP) is 3.56. The van der Waals surface area contributed by atoms with Gasteiger partial charge in [-0.15, -0.1) is 0 Å². The highest BCUT2D eigenvalue weighted by atomic mass is 32.2. The van der Waals surface area contributed by atoms with Crippen LogP contribution in [0, 0.1) is 5.82 Å². The number of rotatable bonds is 4. The van der Waals surface area contributed by atoms with Crippen LogP contribution in [-0.2, 0) is 22.6 Å². The molecule has 3 rings (SSSR count). The van der Waals surface area contributed by atoms with E-state index in [4.69, 9.17) is 5.73 Å². The fourth-order valence-electron chi connectivity index (χ4n) is 2.64. The van der Waals surface area contributed by atoms with Gasteiger partial charge in [-0.05, 0) is 36.4 Å². The third-order valence-corrected chi connectivity index (χ3v) is 5.20. The Kier molecular flexibility index (Phi) is 5.02. The van der Waals surface area contributed by atoms with E-state index in [0.29, 0.717) is 5.56 Å². The van der Waals surface area contributed by atoms with E-state index in [1.165, 1.54) is 36.4 Å². The molecule has 1 heterocycles. The van der Waals surface area contributed by atoms with Crippen LogP contribution in [0.1, 0.15) is 11.3 Å². The van der Waals surface area contributed by atoms with E-state index in [-0.39, 0.29) is 28.4 Å². The van der Waals surface area contributed by atoms with E-state index in [2.05, 4.69) is 5.10 Å². The largest absolute Gasteiger partial charge is 0.435 e. The molecule has 0 saturated heterocycles. The molecule has 0 unspecified atom stereocenters. The first-order chi connectivity index (χ1) is 13.0. The topological polar surface area (TPSA) is 78.0 Å². The number of nitrogens with two attached hydrogens (primary N) is 1. The monoisotopic (exact) mass is 413 g/mol. The van der Waals surface area contributed by atoms with Crippen molar-refractivity contribution in [3.05, 3.63) is 65.6 Å². The zero-order valence-corrected chi connectivity index (χ0v) is 15.4. The van der Waals surface area contributed by atoms with E-state index in [1.54, 1.807) is 0 Å². The van der Waals surface area contributed by atoms with Gasteiger partial charge in [-0.3, -0.25) is 0 Å². The van der Waals surface area contributed by atoms with Crippen molar-refractivity contribution in [2.75, 3.05) is 6.26 Å². The van der Waals surface area contributed by atoms with Gasteiger partial charge in [0.2, 0.25) is 0 Å². The first kappa shape index (κ1) is 20.0. The van der Waals surface area contributed by atoms with Gasteiger partial charge in [0.1, 0.15) is 5.82 Å². The van der Waals surface area contributed by atoms with Gasteiger partial charge in [0.15, 0.2) is 15.5 Å². The van der Waals surface area contributed by atoms with Crippen LogP contribution < -0.4 is 5.73 Å². The van der Waals surface area contributed by atoms with Gasteiger partial charge in [0.05, 0.1) is 16.3 Å². The molecule has 28 heavy (non-hydrogen) atoms. The average molecular weight is 413 g/mol. The van der Waals surface area contributed by atoms with Crippen LogP contribution >= 0.6 is 0 Å². The summed E-state index contributed by atoms with van der Waals surface area (Å²) in [6, 6.07) is 9.92. The Morgan fingerprint density at radius 2 is 1.71 bits per heavy atom. The van der Waals surface area contributed by atoms with Gasteiger partial charge in [0, 0.05) is 23.9 Å². The molecule has 2 N–H and O–H groups in total. The second-order valence-electron chi connectivity index (χ2n) is 6.10. The standard InChI is InChI=1S/C18H15F4N3O2S/c1-28(26,27)14-5-2-11(3-6-14)16-9-17(18(20,21)22)24-25(16)13-4-7-15(19)12(8-13)10-23/h2-9H,10,23H2,1H3. The summed E-state index contributed by atoms with van der Waals surface area (Å²) in [7, 11) is -3.45. The third kappa shape index (κ3) is 3.92. The maximum absolute atomic E-state index is 13.7. The number of hydrogen-bond acceptors (Lipinski definition) is 4. The highest BCUT2D eigenvalue weighted by Crippen LogP contribution is 2.33. The van der Waals surface area contributed by atoms with Crippen molar-refractivity contribution in [1.82, 2.24) is 9.78 Å². The van der Waals surface area contributed by atoms with Gasteiger partial charge in [-0.2, -0.15) is 18.3 Å². The van der Waals surface area contributed by atoms with E-state index in [0.717, 1.165) is 23.1 Å². The number of halogens is 4. The van der Waals surface area contributed by atoms with Crippen LogP contribution in [0.15, 0.2) is 53.4 Å². The van der Waals surface area contributed by atoms with Crippen LogP contribution in [0.25, 0.3) is 16.9 Å². The zero-order chi connectivity index (χ0) is 20.7. The van der Waals surface area contributed by atoms with Crippen molar-refractivity contribution in [2.45, 2.75) is 17.6 Å². The van der Waals surface area contributed by atoms with Gasteiger partial charge in [-0.1, -0.05) is 12.1 Å². The second kappa shape index (κ2) is 7.02. The SMILES string of the molecule is CS(=O)(=O)c1ccc(-c2cc(C(F)(F)F)nn2-c2ccc(F)c(CN)c2)cc1. The normalized spacial score (nSPS) is 12.4. The Hall–Kier alpha value is -2.72. The highest BCUT2D eigenvalue weighted by Gasteiger charge is 2.35. The average Bonchev–Trinajstić information content (AvgIpc) is 3.07. The van der Waals surface area contributed by atoms with Gasteiger partial charge in [0.25, 0.3) is 0 Å². The molecule has 5 nitrogen and oxygen atoms in total. The second-order valence-corrected chi connectivity index (χ2v) is 8.12. The van der Waals surface area contributed by atoms with Crippen LogP contribution in [0.5, 0.6) is 0 Å². The van der Waals surface area contributed by atoms with E-state index in [1.807, 2.05) is 0 Å². The number of alkyl halides is 3. The summed E-state index contributed by atoms with van der Waals surface area (Å²) in [5.41, 5.74) is 5.05. The molecule has 0 fully saturated rings. The quantitative estimate of drug-likeness (QED) is 0.664. The Balaban J connectivity index is 2.19. The fourth-order valence-corrected chi connectivity index (χ4v) is 3.27. The van der Waals surface area contributed by atoms with Crippen LogP contribution in [0.3, 0.4) is 0 Å². The lowest BCUT2D eigenvalue weighted by molar-refractivity contribution is -0.141. The summed E-state index contributed by atoms with van der Waals surface area (Å²) in [6.45, 7) is -0.133. The number of nitrogens with zero attached hydrogens (tertiary/aromatic N) is 2. The van der Waals surface area contributed by atoms with Gasteiger partial charge < -0.3 is 5.73 Å². The molecule has 148 valence electrons. The zero-order valence-electron chi connectivity index (χ0n) is 14.5. The molecule has 0 bridgehead atoms. The maximum Gasteiger partial charge on any atom is 0.435 e. The minimum atomic E-state index is -4.69. The highest BCUT2D eigenvalue weighted by molar-refractivity contribution is 7.90. The molecule has 2 aromatic carbocycles. The molecule has 3 aromatic rings. The summed E-state index contributed by atoms with van der Waals surface area (Å²) in [5, 5.41) is 3.61. The Labute approximate surface area is 158 Å². The molecule has 0 radical (unpaired) electrons. The Morgan fingerprint density at radius 1 is 1.07 bits per heavy atom. The van der Waals surface area contributed by atoms with Gasteiger partial charge >= 0.3 is 6.18 Å². The minimum Gasteiger partial charge on any atom is -0.326 e. The Bertz CT molecular complexity index is 1120. The van der Waals surface area contributed by atoms with Crippen molar-refractivity contribution in [2.24, 2.45) is 5.73 Å². The molecule has 10 heteroatoms. The molecule has 0 saturated carbocycles. The lowest BCUT2D eigenvalue weighted by atomic mass is 10.1. The summed E-state index contributed by atoms with van der Waals surface area (Å²) in [4.78, 5) is 0.0329. The number of sulfone groups is 1. The molecule has 1 aromatic heterocycles. The summed E-state index contributed by atoms with van der Waals surface area (Å²) < 4.78 is 77.5. The number of hydrogen-bond donors (Lipinski definition) is 1.